The topological polar surface area (TPSA) is 71.6 Å². The summed E-state index contributed by atoms with van der Waals surface area (Å²) in [5.74, 6) is 1.91. The largest absolute Gasteiger partial charge is 0.493 e. The van der Waals surface area contributed by atoms with Crippen LogP contribution < -0.4 is 15.2 Å². The Morgan fingerprint density at radius 2 is 1.90 bits per heavy atom. The second-order valence-corrected chi connectivity index (χ2v) is 5.32. The lowest BCUT2D eigenvalue weighted by atomic mass is 9.97. The van der Waals surface area contributed by atoms with Crippen molar-refractivity contribution in [3.05, 3.63) is 23.3 Å². The first-order valence-corrected chi connectivity index (χ1v) is 6.85. The van der Waals surface area contributed by atoms with Gasteiger partial charge in [-0.25, -0.2) is 0 Å². The van der Waals surface area contributed by atoms with Crippen molar-refractivity contribution < 1.29 is 9.47 Å². The zero-order valence-corrected chi connectivity index (χ0v) is 12.4. The van der Waals surface area contributed by atoms with Crippen LogP contribution in [0.2, 0.25) is 0 Å². The van der Waals surface area contributed by atoms with E-state index in [1.54, 1.807) is 14.2 Å². The normalized spacial score (nSPS) is 16.4. The molecule has 3 N–H and O–H groups in total. The smallest absolute Gasteiger partial charge is 0.161 e. The molecule has 1 aromatic rings. The maximum Gasteiger partial charge on any atom is 0.161 e. The third kappa shape index (κ3) is 3.04. The first-order valence-electron chi connectivity index (χ1n) is 6.85. The number of nitrogens with one attached hydrogen (secondary N) is 1. The molecule has 5 nitrogen and oxygen atoms in total. The van der Waals surface area contributed by atoms with Crippen LogP contribution in [0.1, 0.15) is 18.1 Å². The molecule has 1 atom stereocenters. The number of benzene rings is 1. The van der Waals surface area contributed by atoms with Crippen molar-refractivity contribution in [3.63, 3.8) is 0 Å². The number of hydrogen-bond donors (Lipinski definition) is 2. The van der Waals surface area contributed by atoms with Crippen LogP contribution >= 0.6 is 0 Å². The molecule has 0 radical (unpaired) electrons. The number of nitrogens with zero attached hydrogens (tertiary/aromatic N) is 1. The highest BCUT2D eigenvalue weighted by Gasteiger charge is 2.21. The fourth-order valence-corrected chi connectivity index (χ4v) is 2.58. The highest BCUT2D eigenvalue weighted by atomic mass is 16.5. The number of fused-ring (bicyclic) bond motifs is 1. The van der Waals surface area contributed by atoms with Gasteiger partial charge in [-0.05, 0) is 29.7 Å². The van der Waals surface area contributed by atoms with Gasteiger partial charge >= 0.3 is 0 Å². The van der Waals surface area contributed by atoms with Crippen molar-refractivity contribution in [2.75, 3.05) is 27.3 Å². The summed E-state index contributed by atoms with van der Waals surface area (Å²) >= 11 is 0. The Hall–Kier alpha value is -1.75. The summed E-state index contributed by atoms with van der Waals surface area (Å²) in [6, 6.07) is 4.12. The molecule has 1 aliphatic rings. The van der Waals surface area contributed by atoms with Crippen molar-refractivity contribution in [2.45, 2.75) is 19.9 Å². The molecule has 0 aromatic heterocycles. The predicted molar refractivity (Wildman–Crippen MR) is 79.6 cm³/mol. The molecule has 1 heterocycles. The fraction of sp³-hybridized carbons (Fsp3) is 0.533. The molecule has 0 saturated carbocycles. The average Bonchev–Trinajstić information content (AvgIpc) is 2.45. The summed E-state index contributed by atoms with van der Waals surface area (Å²) in [7, 11) is 3.32. The van der Waals surface area contributed by atoms with E-state index in [4.69, 9.17) is 20.6 Å². The van der Waals surface area contributed by atoms with E-state index >= 15 is 0 Å². The Labute approximate surface area is 120 Å². The summed E-state index contributed by atoms with van der Waals surface area (Å²) in [5, 5.41) is 7.50. The van der Waals surface area contributed by atoms with Crippen molar-refractivity contribution >= 4 is 5.84 Å². The summed E-state index contributed by atoms with van der Waals surface area (Å²) in [4.78, 5) is 2.33. The van der Waals surface area contributed by atoms with E-state index < -0.39 is 0 Å². The van der Waals surface area contributed by atoms with Crippen molar-refractivity contribution in [1.82, 2.24) is 4.90 Å². The van der Waals surface area contributed by atoms with Gasteiger partial charge in [0.15, 0.2) is 11.5 Å². The highest BCUT2D eigenvalue weighted by molar-refractivity contribution is 5.79. The molecule has 0 fully saturated rings. The average molecular weight is 277 g/mol. The maximum absolute atomic E-state index is 7.50. The zero-order chi connectivity index (χ0) is 14.7. The van der Waals surface area contributed by atoms with E-state index in [1.807, 2.05) is 6.92 Å². The molecule has 0 amide bonds. The van der Waals surface area contributed by atoms with E-state index in [2.05, 4.69) is 17.0 Å². The van der Waals surface area contributed by atoms with Crippen LogP contribution in [-0.4, -0.2) is 38.0 Å². The second-order valence-electron chi connectivity index (χ2n) is 5.32. The molecule has 2 rings (SSSR count). The van der Waals surface area contributed by atoms with Gasteiger partial charge < -0.3 is 15.2 Å². The number of rotatable bonds is 5. The minimum Gasteiger partial charge on any atom is -0.493 e. The summed E-state index contributed by atoms with van der Waals surface area (Å²) in [5.41, 5.74) is 8.13. The monoisotopic (exact) mass is 277 g/mol. The molecule has 1 aromatic carbocycles. The minimum absolute atomic E-state index is 0.0942. The van der Waals surface area contributed by atoms with Crippen LogP contribution in [0.15, 0.2) is 12.1 Å². The molecule has 1 unspecified atom stereocenters. The lowest BCUT2D eigenvalue weighted by molar-refractivity contribution is 0.238. The second kappa shape index (κ2) is 6.13. The van der Waals surface area contributed by atoms with Gasteiger partial charge in [-0.15, -0.1) is 0 Å². The SMILES string of the molecule is COc1cc2c(cc1OC)CN(CC(C)C(=N)N)CC2. The Morgan fingerprint density at radius 3 is 2.45 bits per heavy atom. The third-order valence-corrected chi connectivity index (χ3v) is 3.86. The van der Waals surface area contributed by atoms with Gasteiger partial charge in [-0.2, -0.15) is 0 Å². The van der Waals surface area contributed by atoms with E-state index in [0.717, 1.165) is 37.6 Å². The van der Waals surface area contributed by atoms with E-state index in [9.17, 15) is 0 Å². The summed E-state index contributed by atoms with van der Waals surface area (Å²) < 4.78 is 10.7. The van der Waals surface area contributed by atoms with Crippen molar-refractivity contribution in [1.29, 1.82) is 5.41 Å². The number of amidine groups is 1. The molecular weight excluding hydrogens is 254 g/mol. The first-order chi connectivity index (χ1) is 9.55. The molecule has 1 aliphatic heterocycles. The van der Waals surface area contributed by atoms with E-state index in [1.165, 1.54) is 11.1 Å². The van der Waals surface area contributed by atoms with E-state index in [0.29, 0.717) is 0 Å². The molecule has 110 valence electrons. The number of nitrogens with two attached hydrogens (primary N) is 1. The molecule has 20 heavy (non-hydrogen) atoms. The molecule has 0 spiro atoms. The minimum atomic E-state index is 0.0942. The lowest BCUT2D eigenvalue weighted by Gasteiger charge is -2.31. The van der Waals surface area contributed by atoms with E-state index in [-0.39, 0.29) is 11.8 Å². The molecule has 0 bridgehead atoms. The van der Waals surface area contributed by atoms with Gasteiger partial charge in [0.05, 0.1) is 20.1 Å². The van der Waals surface area contributed by atoms with Crippen molar-refractivity contribution in [2.24, 2.45) is 11.7 Å². The van der Waals surface area contributed by atoms with Gasteiger partial charge in [-0.3, -0.25) is 10.3 Å². The maximum atomic E-state index is 7.50. The zero-order valence-electron chi connectivity index (χ0n) is 12.4. The summed E-state index contributed by atoms with van der Waals surface area (Å²) in [6.07, 6.45) is 0.986. The molecule has 0 saturated heterocycles. The van der Waals surface area contributed by atoms with Crippen LogP contribution in [0.4, 0.5) is 0 Å². The van der Waals surface area contributed by atoms with Crippen molar-refractivity contribution in [3.8, 4) is 11.5 Å². The van der Waals surface area contributed by atoms with Crippen LogP contribution in [0, 0.1) is 11.3 Å². The van der Waals surface area contributed by atoms with Crippen LogP contribution in [-0.2, 0) is 13.0 Å². The van der Waals surface area contributed by atoms with Gasteiger partial charge in [0.1, 0.15) is 0 Å². The Balaban J connectivity index is 2.15. The van der Waals surface area contributed by atoms with Gasteiger partial charge in [0.2, 0.25) is 0 Å². The molecule has 0 aliphatic carbocycles. The highest BCUT2D eigenvalue weighted by Crippen LogP contribution is 2.33. The number of hydrogen-bond acceptors (Lipinski definition) is 4. The lowest BCUT2D eigenvalue weighted by Crippen LogP contribution is -2.37. The molecule has 5 heteroatoms. The number of methoxy groups -OCH3 is 2. The summed E-state index contributed by atoms with van der Waals surface area (Å²) in [6.45, 7) is 4.67. The van der Waals surface area contributed by atoms with Crippen LogP contribution in [0.5, 0.6) is 11.5 Å². The van der Waals surface area contributed by atoms with Crippen LogP contribution in [0.25, 0.3) is 0 Å². The Morgan fingerprint density at radius 1 is 1.30 bits per heavy atom. The predicted octanol–water partition coefficient (Wildman–Crippen LogP) is 1.63. The fourth-order valence-electron chi connectivity index (χ4n) is 2.58. The van der Waals surface area contributed by atoms with Gasteiger partial charge in [0.25, 0.3) is 0 Å². The van der Waals surface area contributed by atoms with Gasteiger partial charge in [-0.1, -0.05) is 6.92 Å². The Bertz CT molecular complexity index is 502. The quantitative estimate of drug-likeness (QED) is 0.634. The Kier molecular flexibility index (Phi) is 4.49. The standard InChI is InChI=1S/C15H23N3O2/c1-10(15(16)17)8-18-5-4-11-6-13(19-2)14(20-3)7-12(11)9-18/h6-7,10H,4-5,8-9H2,1-3H3,(H3,16,17). The van der Waals surface area contributed by atoms with Gasteiger partial charge in [0, 0.05) is 25.6 Å². The van der Waals surface area contributed by atoms with Crippen LogP contribution in [0.3, 0.4) is 0 Å². The third-order valence-electron chi connectivity index (χ3n) is 3.86. The molecular formula is C15H23N3O2. The first kappa shape index (κ1) is 14.7. The number of ether oxygens (including phenoxy) is 2.